The number of rotatable bonds is 10. The number of benzene rings is 2. The van der Waals surface area contributed by atoms with E-state index in [4.69, 9.17) is 4.74 Å². The highest BCUT2D eigenvalue weighted by molar-refractivity contribution is 5.99. The third-order valence-corrected chi connectivity index (χ3v) is 4.38. The van der Waals surface area contributed by atoms with Gasteiger partial charge >= 0.3 is 0 Å². The van der Waals surface area contributed by atoms with Gasteiger partial charge in [0.1, 0.15) is 5.75 Å². The Morgan fingerprint density at radius 2 is 1.57 bits per heavy atom. The minimum absolute atomic E-state index is 0.0900. The normalized spacial score (nSPS) is 10.6. The number of anilines is 1. The van der Waals surface area contributed by atoms with E-state index in [0.29, 0.717) is 23.6 Å². The molecular formula is C22H29N3O3. The Morgan fingerprint density at radius 3 is 2.14 bits per heavy atom. The van der Waals surface area contributed by atoms with E-state index in [-0.39, 0.29) is 18.4 Å². The van der Waals surface area contributed by atoms with Gasteiger partial charge in [0.15, 0.2) is 0 Å². The van der Waals surface area contributed by atoms with Gasteiger partial charge in [0.2, 0.25) is 5.91 Å². The van der Waals surface area contributed by atoms with Gasteiger partial charge in [-0.25, -0.2) is 0 Å². The van der Waals surface area contributed by atoms with E-state index in [0.717, 1.165) is 19.6 Å². The molecule has 150 valence electrons. The number of amides is 2. The average Bonchev–Trinajstić information content (AvgIpc) is 2.72. The van der Waals surface area contributed by atoms with Crippen LogP contribution < -0.4 is 15.4 Å². The molecule has 0 saturated carbocycles. The van der Waals surface area contributed by atoms with E-state index in [2.05, 4.69) is 29.4 Å². The minimum Gasteiger partial charge on any atom is -0.494 e. The number of carbonyl (C=O) groups is 2. The summed E-state index contributed by atoms with van der Waals surface area (Å²) in [4.78, 5) is 26.6. The van der Waals surface area contributed by atoms with Gasteiger partial charge in [0, 0.05) is 17.8 Å². The van der Waals surface area contributed by atoms with Crippen molar-refractivity contribution in [1.29, 1.82) is 0 Å². The van der Waals surface area contributed by atoms with Gasteiger partial charge in [0.25, 0.3) is 5.91 Å². The highest BCUT2D eigenvalue weighted by atomic mass is 16.5. The van der Waals surface area contributed by atoms with Crippen molar-refractivity contribution < 1.29 is 14.3 Å². The lowest BCUT2D eigenvalue weighted by Gasteiger charge is -2.18. The molecule has 0 aliphatic heterocycles. The molecule has 2 aromatic rings. The molecule has 0 aromatic heterocycles. The molecule has 0 spiro atoms. The topological polar surface area (TPSA) is 70.7 Å². The van der Waals surface area contributed by atoms with Crippen LogP contribution in [0.2, 0.25) is 0 Å². The zero-order chi connectivity index (χ0) is 20.4. The Bertz CT molecular complexity index is 754. The molecule has 0 radical (unpaired) electrons. The number of hydrogen-bond donors (Lipinski definition) is 2. The summed E-state index contributed by atoms with van der Waals surface area (Å²) in [5.74, 6) is 0.143. The fraction of sp³-hybridized carbons (Fsp3) is 0.364. The number of hydrogen-bond acceptors (Lipinski definition) is 4. The summed E-state index contributed by atoms with van der Waals surface area (Å²) in [6, 6.07) is 14.6. The zero-order valence-corrected chi connectivity index (χ0v) is 16.8. The molecule has 0 fully saturated rings. The van der Waals surface area contributed by atoms with Crippen LogP contribution in [-0.2, 0) is 11.3 Å². The number of ether oxygens (including phenoxy) is 1. The molecule has 0 saturated heterocycles. The van der Waals surface area contributed by atoms with Crippen LogP contribution in [0.15, 0.2) is 48.5 Å². The summed E-state index contributed by atoms with van der Waals surface area (Å²) < 4.78 is 5.35. The summed E-state index contributed by atoms with van der Waals surface area (Å²) in [6.07, 6.45) is 0. The molecule has 6 heteroatoms. The van der Waals surface area contributed by atoms with Crippen LogP contribution in [0.4, 0.5) is 5.69 Å². The molecular weight excluding hydrogens is 354 g/mol. The number of carbonyl (C=O) groups excluding carboxylic acids is 2. The minimum atomic E-state index is -0.298. The van der Waals surface area contributed by atoms with Gasteiger partial charge in [-0.3, -0.25) is 14.5 Å². The molecule has 0 bridgehead atoms. The predicted octanol–water partition coefficient (Wildman–Crippen LogP) is 3.30. The van der Waals surface area contributed by atoms with Crippen LogP contribution in [-0.4, -0.2) is 43.0 Å². The first-order valence-electron chi connectivity index (χ1n) is 9.67. The van der Waals surface area contributed by atoms with Gasteiger partial charge < -0.3 is 15.4 Å². The fourth-order valence-corrected chi connectivity index (χ4v) is 2.74. The standard InChI is InChI=1S/C22H29N3O3/c1-4-25(5-2)16-17-7-11-19(12-8-17)24-21(26)15-23-22(27)18-9-13-20(14-10-18)28-6-3/h7-14H,4-6,15-16H2,1-3H3,(H,23,27)(H,24,26). The summed E-state index contributed by atoms with van der Waals surface area (Å²) in [6.45, 7) is 9.55. The summed E-state index contributed by atoms with van der Waals surface area (Å²) in [5, 5.41) is 5.42. The van der Waals surface area contributed by atoms with Crippen molar-refractivity contribution in [2.75, 3.05) is 31.6 Å². The van der Waals surface area contributed by atoms with E-state index in [1.807, 2.05) is 31.2 Å². The predicted molar refractivity (Wildman–Crippen MR) is 112 cm³/mol. The molecule has 0 aliphatic rings. The van der Waals surface area contributed by atoms with Gasteiger partial charge in [-0.15, -0.1) is 0 Å². The monoisotopic (exact) mass is 383 g/mol. The summed E-state index contributed by atoms with van der Waals surface area (Å²) in [5.41, 5.74) is 2.39. The van der Waals surface area contributed by atoms with Crippen molar-refractivity contribution >= 4 is 17.5 Å². The smallest absolute Gasteiger partial charge is 0.251 e. The largest absolute Gasteiger partial charge is 0.494 e. The van der Waals surface area contributed by atoms with Crippen molar-refractivity contribution in [2.45, 2.75) is 27.3 Å². The van der Waals surface area contributed by atoms with Crippen LogP contribution in [0.25, 0.3) is 0 Å². The number of nitrogens with zero attached hydrogens (tertiary/aromatic N) is 1. The van der Waals surface area contributed by atoms with Gasteiger partial charge in [0.05, 0.1) is 13.2 Å². The molecule has 0 heterocycles. The summed E-state index contributed by atoms with van der Waals surface area (Å²) in [7, 11) is 0. The fourth-order valence-electron chi connectivity index (χ4n) is 2.74. The Hall–Kier alpha value is -2.86. The lowest BCUT2D eigenvalue weighted by Crippen LogP contribution is -2.32. The van der Waals surface area contributed by atoms with E-state index in [9.17, 15) is 9.59 Å². The van der Waals surface area contributed by atoms with Gasteiger partial charge in [-0.05, 0) is 62.0 Å². The van der Waals surface area contributed by atoms with Gasteiger partial charge in [-0.2, -0.15) is 0 Å². The van der Waals surface area contributed by atoms with Crippen LogP contribution in [0.5, 0.6) is 5.75 Å². The van der Waals surface area contributed by atoms with Crippen molar-refractivity contribution in [3.05, 3.63) is 59.7 Å². The Balaban J connectivity index is 1.80. The van der Waals surface area contributed by atoms with Crippen molar-refractivity contribution in [2.24, 2.45) is 0 Å². The van der Waals surface area contributed by atoms with E-state index in [1.165, 1.54) is 5.56 Å². The molecule has 2 aromatic carbocycles. The molecule has 0 aliphatic carbocycles. The van der Waals surface area contributed by atoms with Crippen molar-refractivity contribution in [3.8, 4) is 5.75 Å². The second-order valence-electron chi connectivity index (χ2n) is 6.35. The molecule has 0 atom stereocenters. The molecule has 2 rings (SSSR count). The first-order chi connectivity index (χ1) is 13.5. The Morgan fingerprint density at radius 1 is 0.929 bits per heavy atom. The maximum Gasteiger partial charge on any atom is 0.251 e. The van der Waals surface area contributed by atoms with Crippen molar-refractivity contribution in [1.82, 2.24) is 10.2 Å². The SMILES string of the molecule is CCOc1ccc(C(=O)NCC(=O)Nc2ccc(CN(CC)CC)cc2)cc1. The second-order valence-corrected chi connectivity index (χ2v) is 6.35. The van der Waals surface area contributed by atoms with Gasteiger partial charge in [-0.1, -0.05) is 26.0 Å². The van der Waals surface area contributed by atoms with Crippen LogP contribution in [0.1, 0.15) is 36.7 Å². The Labute approximate surface area is 166 Å². The third kappa shape index (κ3) is 6.70. The zero-order valence-electron chi connectivity index (χ0n) is 16.8. The van der Waals surface area contributed by atoms with Crippen molar-refractivity contribution in [3.63, 3.8) is 0 Å². The van der Waals surface area contributed by atoms with Crippen LogP contribution >= 0.6 is 0 Å². The first-order valence-corrected chi connectivity index (χ1v) is 9.67. The summed E-state index contributed by atoms with van der Waals surface area (Å²) >= 11 is 0. The highest BCUT2D eigenvalue weighted by Gasteiger charge is 2.09. The molecule has 6 nitrogen and oxygen atoms in total. The quantitative estimate of drug-likeness (QED) is 0.660. The molecule has 28 heavy (non-hydrogen) atoms. The molecule has 2 amide bonds. The first kappa shape index (κ1) is 21.4. The average molecular weight is 383 g/mol. The number of nitrogens with one attached hydrogen (secondary N) is 2. The Kier molecular flexibility index (Phi) is 8.49. The van der Waals surface area contributed by atoms with E-state index < -0.39 is 0 Å². The highest BCUT2D eigenvalue weighted by Crippen LogP contribution is 2.13. The lowest BCUT2D eigenvalue weighted by molar-refractivity contribution is -0.115. The van der Waals surface area contributed by atoms with Crippen LogP contribution in [0, 0.1) is 0 Å². The maximum absolute atomic E-state index is 12.1. The van der Waals surface area contributed by atoms with E-state index in [1.54, 1.807) is 24.3 Å². The molecule has 2 N–H and O–H groups in total. The van der Waals surface area contributed by atoms with E-state index >= 15 is 0 Å². The molecule has 0 unspecified atom stereocenters. The lowest BCUT2D eigenvalue weighted by atomic mass is 10.2. The second kappa shape index (κ2) is 11.1. The third-order valence-electron chi connectivity index (χ3n) is 4.38. The maximum atomic E-state index is 12.1. The van der Waals surface area contributed by atoms with Crippen LogP contribution in [0.3, 0.4) is 0 Å².